The van der Waals surface area contributed by atoms with Crippen LogP contribution in [0.15, 0.2) is 48.5 Å². The maximum Gasteiger partial charge on any atom is 0.407 e. The molecule has 0 saturated carbocycles. The van der Waals surface area contributed by atoms with E-state index in [4.69, 9.17) is 4.74 Å². The molecule has 0 unspecified atom stereocenters. The monoisotopic (exact) mass is 352 g/mol. The van der Waals surface area contributed by atoms with Crippen LogP contribution >= 0.6 is 0 Å². The maximum atomic E-state index is 12.1. The predicted molar refractivity (Wildman–Crippen MR) is 96.5 cm³/mol. The average Bonchev–Trinajstić information content (AvgIpc) is 2.97. The van der Waals surface area contributed by atoms with Crippen LogP contribution in [-0.2, 0) is 9.53 Å². The molecule has 1 aliphatic carbocycles. The highest BCUT2D eigenvalue weighted by Crippen LogP contribution is 2.44. The number of hydrogen-bond donors (Lipinski definition) is 1. The maximum absolute atomic E-state index is 12.1. The number of carbonyl (C=O) groups excluding carboxylic acids is 2. The number of carboxylic acids is 1. The van der Waals surface area contributed by atoms with Gasteiger partial charge < -0.3 is 20.0 Å². The van der Waals surface area contributed by atoms with Crippen molar-refractivity contribution >= 4 is 12.1 Å². The molecule has 0 heterocycles. The Balaban J connectivity index is 1.72. The lowest BCUT2D eigenvalue weighted by Crippen LogP contribution is -2.51. The predicted octanol–water partition coefficient (Wildman–Crippen LogP) is 2.69. The van der Waals surface area contributed by atoms with Crippen LogP contribution in [0.1, 0.15) is 37.3 Å². The molecule has 2 atom stereocenters. The zero-order valence-electron chi connectivity index (χ0n) is 14.9. The van der Waals surface area contributed by atoms with E-state index in [2.05, 4.69) is 17.4 Å². The molecule has 0 spiro atoms. The Morgan fingerprint density at radius 1 is 1.08 bits per heavy atom. The van der Waals surface area contributed by atoms with Gasteiger partial charge in [-0.05, 0) is 28.2 Å². The second kappa shape index (κ2) is 7.60. The lowest BCUT2D eigenvalue weighted by Gasteiger charge is -2.25. The van der Waals surface area contributed by atoms with Crippen LogP contribution in [0, 0.1) is 5.92 Å². The fourth-order valence-electron chi connectivity index (χ4n) is 3.44. The molecule has 2 aromatic rings. The number of carbonyl (C=O) groups is 2. The molecular formula is C21H22NO4-. The van der Waals surface area contributed by atoms with E-state index in [9.17, 15) is 14.7 Å². The molecule has 0 bridgehead atoms. The summed E-state index contributed by atoms with van der Waals surface area (Å²) in [5, 5.41) is 13.7. The van der Waals surface area contributed by atoms with Gasteiger partial charge in [0.25, 0.3) is 0 Å². The molecule has 1 N–H and O–H groups in total. The number of carboxylic acid groups (broad SMARTS) is 1. The standard InChI is InChI=1S/C21H23NO4/c1-3-13(2)19(20(23)24)22-21(25)26-12-18-16-10-6-4-8-14(16)15-9-5-7-11-17(15)18/h4-11,13,18-19H,3,12H2,1-2H3,(H,22,25)(H,23,24)/p-1/t13-,19+/m0/s1. The first-order valence-corrected chi connectivity index (χ1v) is 8.85. The summed E-state index contributed by atoms with van der Waals surface area (Å²) in [6, 6.07) is 15.0. The molecule has 1 aliphatic rings. The molecule has 0 aromatic heterocycles. The van der Waals surface area contributed by atoms with Gasteiger partial charge in [-0.3, -0.25) is 0 Å². The molecule has 0 aliphatic heterocycles. The highest BCUT2D eigenvalue weighted by Gasteiger charge is 2.29. The Hall–Kier alpha value is -2.82. The first kappa shape index (κ1) is 18.0. The van der Waals surface area contributed by atoms with Gasteiger partial charge >= 0.3 is 6.09 Å². The minimum Gasteiger partial charge on any atom is -0.548 e. The Bertz CT molecular complexity index is 772. The van der Waals surface area contributed by atoms with Crippen molar-refractivity contribution in [3.63, 3.8) is 0 Å². The molecule has 3 rings (SSSR count). The van der Waals surface area contributed by atoms with Crippen molar-refractivity contribution in [3.05, 3.63) is 59.7 Å². The number of hydrogen-bond acceptors (Lipinski definition) is 4. The highest BCUT2D eigenvalue weighted by molar-refractivity contribution is 5.80. The molecular weight excluding hydrogens is 330 g/mol. The molecule has 5 nitrogen and oxygen atoms in total. The minimum absolute atomic E-state index is 0.0573. The summed E-state index contributed by atoms with van der Waals surface area (Å²) < 4.78 is 5.37. The van der Waals surface area contributed by atoms with E-state index in [1.54, 1.807) is 6.92 Å². The van der Waals surface area contributed by atoms with Crippen LogP contribution in [0.2, 0.25) is 0 Å². The number of benzene rings is 2. The summed E-state index contributed by atoms with van der Waals surface area (Å²) in [6.45, 7) is 3.77. The van der Waals surface area contributed by atoms with Crippen molar-refractivity contribution < 1.29 is 19.4 Å². The van der Waals surface area contributed by atoms with E-state index in [1.165, 1.54) is 0 Å². The number of fused-ring (bicyclic) bond motifs is 3. The van der Waals surface area contributed by atoms with Gasteiger partial charge in [-0.2, -0.15) is 0 Å². The third-order valence-corrected chi connectivity index (χ3v) is 5.08. The lowest BCUT2D eigenvalue weighted by molar-refractivity contribution is -0.309. The van der Waals surface area contributed by atoms with Crippen LogP contribution < -0.4 is 10.4 Å². The Kier molecular flexibility index (Phi) is 5.26. The van der Waals surface area contributed by atoms with E-state index < -0.39 is 18.1 Å². The van der Waals surface area contributed by atoms with Gasteiger partial charge in [-0.25, -0.2) is 4.79 Å². The van der Waals surface area contributed by atoms with Crippen molar-refractivity contribution in [2.75, 3.05) is 6.61 Å². The summed E-state index contributed by atoms with van der Waals surface area (Å²) in [4.78, 5) is 23.4. The topological polar surface area (TPSA) is 78.5 Å². The van der Waals surface area contributed by atoms with Gasteiger partial charge in [0.2, 0.25) is 0 Å². The van der Waals surface area contributed by atoms with E-state index in [0.29, 0.717) is 6.42 Å². The van der Waals surface area contributed by atoms with Crippen molar-refractivity contribution in [2.24, 2.45) is 5.92 Å². The summed E-state index contributed by atoms with van der Waals surface area (Å²) in [7, 11) is 0. The van der Waals surface area contributed by atoms with Crippen molar-refractivity contribution in [2.45, 2.75) is 32.2 Å². The summed E-state index contributed by atoms with van der Waals surface area (Å²) in [6.07, 6.45) is -0.121. The lowest BCUT2D eigenvalue weighted by atomic mass is 9.98. The molecule has 0 radical (unpaired) electrons. The smallest absolute Gasteiger partial charge is 0.407 e. The van der Waals surface area contributed by atoms with Crippen molar-refractivity contribution in [1.82, 2.24) is 5.32 Å². The van der Waals surface area contributed by atoms with Crippen molar-refractivity contribution in [1.29, 1.82) is 0 Å². The fourth-order valence-corrected chi connectivity index (χ4v) is 3.44. The van der Waals surface area contributed by atoms with Crippen molar-refractivity contribution in [3.8, 4) is 11.1 Å². The largest absolute Gasteiger partial charge is 0.548 e. The van der Waals surface area contributed by atoms with Gasteiger partial charge in [0.15, 0.2) is 0 Å². The molecule has 136 valence electrons. The number of nitrogens with one attached hydrogen (secondary N) is 1. The second-order valence-corrected chi connectivity index (χ2v) is 6.65. The van der Waals surface area contributed by atoms with Crippen LogP contribution in [0.25, 0.3) is 11.1 Å². The molecule has 0 fully saturated rings. The Morgan fingerprint density at radius 2 is 1.62 bits per heavy atom. The van der Waals surface area contributed by atoms with Gasteiger partial charge in [-0.15, -0.1) is 0 Å². The quantitative estimate of drug-likeness (QED) is 0.867. The number of rotatable bonds is 6. The normalized spacial score (nSPS) is 14.8. The van der Waals surface area contributed by atoms with E-state index >= 15 is 0 Å². The van der Waals surface area contributed by atoms with Gasteiger partial charge in [0.1, 0.15) is 6.61 Å². The number of amides is 1. The van der Waals surface area contributed by atoms with E-state index in [0.717, 1.165) is 22.3 Å². The van der Waals surface area contributed by atoms with E-state index in [-0.39, 0.29) is 18.4 Å². The number of aliphatic carboxylic acids is 1. The molecule has 1 amide bonds. The number of ether oxygens (including phenoxy) is 1. The third-order valence-electron chi connectivity index (χ3n) is 5.08. The van der Waals surface area contributed by atoms with Crippen LogP contribution in [0.5, 0.6) is 0 Å². The summed E-state index contributed by atoms with van der Waals surface area (Å²) >= 11 is 0. The van der Waals surface area contributed by atoms with E-state index in [1.807, 2.05) is 43.3 Å². The second-order valence-electron chi connectivity index (χ2n) is 6.65. The van der Waals surface area contributed by atoms with Gasteiger partial charge in [0, 0.05) is 5.92 Å². The third kappa shape index (κ3) is 3.43. The minimum atomic E-state index is -1.30. The highest BCUT2D eigenvalue weighted by atomic mass is 16.5. The first-order chi connectivity index (χ1) is 12.5. The molecule has 26 heavy (non-hydrogen) atoms. The summed E-state index contributed by atoms with van der Waals surface area (Å²) in [5.74, 6) is -1.59. The zero-order chi connectivity index (χ0) is 18.7. The molecule has 2 aromatic carbocycles. The molecule has 0 saturated heterocycles. The zero-order valence-corrected chi connectivity index (χ0v) is 14.9. The summed E-state index contributed by atoms with van der Waals surface area (Å²) in [5.41, 5.74) is 4.51. The molecule has 5 heteroatoms. The fraction of sp³-hybridized carbons (Fsp3) is 0.333. The van der Waals surface area contributed by atoms with Gasteiger partial charge in [0.05, 0.1) is 12.0 Å². The SMILES string of the molecule is CC[C@H](C)[C@@H](NC(=O)OCC1c2ccccc2-c2ccccc21)C(=O)[O-]. The van der Waals surface area contributed by atoms with Crippen LogP contribution in [0.3, 0.4) is 0 Å². The number of alkyl carbamates (subject to hydrolysis) is 1. The average molecular weight is 352 g/mol. The van der Waals surface area contributed by atoms with Gasteiger partial charge in [-0.1, -0.05) is 68.8 Å². The first-order valence-electron chi connectivity index (χ1n) is 8.85. The Labute approximate surface area is 153 Å². The Morgan fingerprint density at radius 3 is 2.12 bits per heavy atom. The van der Waals surface area contributed by atoms with Crippen LogP contribution in [-0.4, -0.2) is 24.7 Å². The van der Waals surface area contributed by atoms with Crippen LogP contribution in [0.4, 0.5) is 4.79 Å².